The number of nitrogens with two attached hydrogens (primary N) is 1. The molecule has 0 radical (unpaired) electrons. The SMILES string of the molecule is Nc1cc(-c2cccc3c2Cc2ccccc2-3)cc(C23CC4CC(CC(C4)C2)C3)c1O. The Morgan fingerprint density at radius 3 is 2.16 bits per heavy atom. The van der Waals surface area contributed by atoms with E-state index in [-0.39, 0.29) is 5.41 Å². The molecular weight excluding hydrogens is 378 g/mol. The molecule has 0 saturated heterocycles. The van der Waals surface area contributed by atoms with Crippen LogP contribution in [0, 0.1) is 17.8 Å². The summed E-state index contributed by atoms with van der Waals surface area (Å²) in [5.41, 5.74) is 16.2. The highest BCUT2D eigenvalue weighted by Crippen LogP contribution is 2.62. The first kappa shape index (κ1) is 17.9. The van der Waals surface area contributed by atoms with Gasteiger partial charge in [-0.15, -0.1) is 0 Å². The maximum absolute atomic E-state index is 11.1. The molecule has 0 heterocycles. The molecule has 31 heavy (non-hydrogen) atoms. The van der Waals surface area contributed by atoms with Crippen molar-refractivity contribution in [3.63, 3.8) is 0 Å². The van der Waals surface area contributed by atoms with E-state index in [4.69, 9.17) is 5.73 Å². The Kier molecular flexibility index (Phi) is 3.55. The number of benzene rings is 3. The molecule has 3 aromatic rings. The van der Waals surface area contributed by atoms with Crippen molar-refractivity contribution in [1.82, 2.24) is 0 Å². The average Bonchev–Trinajstić information content (AvgIpc) is 3.13. The van der Waals surface area contributed by atoms with E-state index in [1.165, 1.54) is 71.9 Å². The molecule has 0 spiro atoms. The average molecular weight is 408 g/mol. The lowest BCUT2D eigenvalue weighted by atomic mass is 9.48. The van der Waals surface area contributed by atoms with Crippen molar-refractivity contribution in [3.8, 4) is 28.0 Å². The fraction of sp³-hybridized carbons (Fsp3) is 0.379. The molecule has 0 aromatic heterocycles. The van der Waals surface area contributed by atoms with Crippen LogP contribution in [0.15, 0.2) is 54.6 Å². The molecule has 3 N–H and O–H groups in total. The summed E-state index contributed by atoms with van der Waals surface area (Å²) in [5, 5.41) is 11.1. The summed E-state index contributed by atoms with van der Waals surface area (Å²) in [5.74, 6) is 2.87. The van der Waals surface area contributed by atoms with Crippen LogP contribution in [0.1, 0.15) is 55.2 Å². The molecule has 4 bridgehead atoms. The number of fused-ring (bicyclic) bond motifs is 3. The van der Waals surface area contributed by atoms with Crippen molar-refractivity contribution in [2.45, 2.75) is 50.4 Å². The van der Waals surface area contributed by atoms with E-state index in [1.54, 1.807) is 0 Å². The van der Waals surface area contributed by atoms with E-state index in [0.717, 1.165) is 29.7 Å². The Bertz CT molecular complexity index is 1190. The monoisotopic (exact) mass is 407 g/mol. The number of nitrogen functional groups attached to an aromatic ring is 1. The van der Waals surface area contributed by atoms with Crippen LogP contribution < -0.4 is 5.73 Å². The molecule has 156 valence electrons. The largest absolute Gasteiger partial charge is 0.505 e. The summed E-state index contributed by atoms with van der Waals surface area (Å²) in [7, 11) is 0. The molecule has 0 amide bonds. The maximum Gasteiger partial charge on any atom is 0.142 e. The molecule has 0 aliphatic heterocycles. The first-order chi connectivity index (χ1) is 15.1. The number of phenols is 1. The van der Waals surface area contributed by atoms with E-state index < -0.39 is 0 Å². The van der Waals surface area contributed by atoms with E-state index in [9.17, 15) is 5.11 Å². The fourth-order valence-corrected chi connectivity index (χ4v) is 8.08. The lowest BCUT2D eigenvalue weighted by molar-refractivity contribution is -0.00607. The van der Waals surface area contributed by atoms with Gasteiger partial charge in [-0.3, -0.25) is 0 Å². The van der Waals surface area contributed by atoms with E-state index >= 15 is 0 Å². The number of rotatable bonds is 2. The topological polar surface area (TPSA) is 46.2 Å². The van der Waals surface area contributed by atoms with E-state index in [0.29, 0.717) is 11.4 Å². The predicted molar refractivity (Wildman–Crippen MR) is 126 cm³/mol. The highest BCUT2D eigenvalue weighted by Gasteiger charge is 2.52. The zero-order chi connectivity index (χ0) is 20.7. The number of aromatic hydroxyl groups is 1. The number of hydrogen-bond acceptors (Lipinski definition) is 2. The summed E-state index contributed by atoms with van der Waals surface area (Å²) in [4.78, 5) is 0. The minimum atomic E-state index is 0.129. The van der Waals surface area contributed by atoms with Gasteiger partial charge < -0.3 is 10.8 Å². The quantitative estimate of drug-likeness (QED) is 0.287. The third-order valence-corrected chi connectivity index (χ3v) is 8.91. The molecule has 8 rings (SSSR count). The number of anilines is 1. The zero-order valence-corrected chi connectivity index (χ0v) is 17.9. The smallest absolute Gasteiger partial charge is 0.142 e. The molecule has 3 aromatic carbocycles. The highest BCUT2D eigenvalue weighted by atomic mass is 16.3. The highest BCUT2D eigenvalue weighted by molar-refractivity contribution is 5.86. The van der Waals surface area contributed by atoms with Crippen LogP contribution in [0.5, 0.6) is 5.75 Å². The minimum absolute atomic E-state index is 0.129. The standard InChI is InChI=1S/C29H29NO/c30-27-13-21(23-6-3-7-24-22-5-2-1-4-20(22)11-25(23)24)12-26(28(27)31)29-14-17-8-18(15-29)10-19(9-17)16-29/h1-7,12-13,17-19,31H,8-11,14-16,30H2. The van der Waals surface area contributed by atoms with Gasteiger partial charge >= 0.3 is 0 Å². The van der Waals surface area contributed by atoms with Gasteiger partial charge in [-0.1, -0.05) is 42.5 Å². The normalized spacial score (nSPS) is 29.7. The molecule has 0 unspecified atom stereocenters. The molecule has 4 fully saturated rings. The Balaban J connectivity index is 1.38. The summed E-state index contributed by atoms with van der Waals surface area (Å²) in [6, 6.07) is 19.7. The van der Waals surface area contributed by atoms with Crippen LogP contribution in [0.2, 0.25) is 0 Å². The molecule has 0 atom stereocenters. The van der Waals surface area contributed by atoms with E-state index in [1.807, 2.05) is 6.07 Å². The zero-order valence-electron chi connectivity index (χ0n) is 17.9. The van der Waals surface area contributed by atoms with Crippen molar-refractivity contribution in [1.29, 1.82) is 0 Å². The summed E-state index contributed by atoms with van der Waals surface area (Å²) in [6.07, 6.45) is 8.86. The van der Waals surface area contributed by atoms with Crippen LogP contribution >= 0.6 is 0 Å². The molecular formula is C29H29NO. The second kappa shape index (κ2) is 6.16. The molecule has 4 saturated carbocycles. The van der Waals surface area contributed by atoms with Crippen LogP contribution in [-0.4, -0.2) is 5.11 Å². The van der Waals surface area contributed by atoms with Crippen molar-refractivity contribution < 1.29 is 5.11 Å². The lowest BCUT2D eigenvalue weighted by Gasteiger charge is -2.57. The third kappa shape index (κ3) is 2.51. The predicted octanol–water partition coefficient (Wildman–Crippen LogP) is 6.68. The van der Waals surface area contributed by atoms with Crippen molar-refractivity contribution in [3.05, 3.63) is 71.3 Å². The van der Waals surface area contributed by atoms with Gasteiger partial charge in [0, 0.05) is 5.56 Å². The first-order valence-corrected chi connectivity index (χ1v) is 11.9. The van der Waals surface area contributed by atoms with Gasteiger partial charge in [-0.25, -0.2) is 0 Å². The van der Waals surface area contributed by atoms with E-state index in [2.05, 4.69) is 48.5 Å². The van der Waals surface area contributed by atoms with Crippen molar-refractivity contribution in [2.75, 3.05) is 5.73 Å². The maximum atomic E-state index is 11.1. The van der Waals surface area contributed by atoms with Gasteiger partial charge in [0.2, 0.25) is 0 Å². The van der Waals surface area contributed by atoms with Crippen LogP contribution in [0.25, 0.3) is 22.3 Å². The van der Waals surface area contributed by atoms with Crippen LogP contribution in [0.3, 0.4) is 0 Å². The number of phenolic OH excluding ortho intramolecular Hbond substituents is 1. The van der Waals surface area contributed by atoms with Crippen LogP contribution in [0.4, 0.5) is 5.69 Å². The second-order valence-corrected chi connectivity index (χ2v) is 10.8. The van der Waals surface area contributed by atoms with Gasteiger partial charge in [0.25, 0.3) is 0 Å². The molecule has 5 aliphatic rings. The number of hydrogen-bond donors (Lipinski definition) is 2. The summed E-state index contributed by atoms with van der Waals surface area (Å²) >= 11 is 0. The van der Waals surface area contributed by atoms with Gasteiger partial charge in [0.05, 0.1) is 5.69 Å². The Morgan fingerprint density at radius 2 is 1.42 bits per heavy atom. The van der Waals surface area contributed by atoms with Gasteiger partial charge in [0.15, 0.2) is 0 Å². The lowest BCUT2D eigenvalue weighted by Crippen LogP contribution is -2.48. The minimum Gasteiger partial charge on any atom is -0.505 e. The van der Waals surface area contributed by atoms with Gasteiger partial charge in [-0.2, -0.15) is 0 Å². The molecule has 2 nitrogen and oxygen atoms in total. The van der Waals surface area contributed by atoms with Crippen molar-refractivity contribution >= 4 is 5.69 Å². The Hall–Kier alpha value is -2.74. The molecule has 2 heteroatoms. The molecule has 5 aliphatic carbocycles. The Labute approximate surface area is 184 Å². The first-order valence-electron chi connectivity index (χ1n) is 11.9. The second-order valence-electron chi connectivity index (χ2n) is 10.8. The van der Waals surface area contributed by atoms with Gasteiger partial charge in [-0.05, 0) is 114 Å². The van der Waals surface area contributed by atoms with Crippen LogP contribution in [-0.2, 0) is 11.8 Å². The fourth-order valence-electron chi connectivity index (χ4n) is 8.08. The summed E-state index contributed by atoms with van der Waals surface area (Å²) < 4.78 is 0. The Morgan fingerprint density at radius 1 is 0.774 bits per heavy atom. The van der Waals surface area contributed by atoms with Gasteiger partial charge in [0.1, 0.15) is 5.75 Å². The third-order valence-electron chi connectivity index (χ3n) is 8.91. The van der Waals surface area contributed by atoms with Crippen molar-refractivity contribution in [2.24, 2.45) is 17.8 Å². The summed E-state index contributed by atoms with van der Waals surface area (Å²) in [6.45, 7) is 0.